The zero-order chi connectivity index (χ0) is 14.5. The summed E-state index contributed by atoms with van der Waals surface area (Å²) in [5, 5.41) is 3.37. The van der Waals surface area contributed by atoms with Gasteiger partial charge in [0.1, 0.15) is 0 Å². The normalized spacial score (nSPS) is 16.9. The molecule has 0 radical (unpaired) electrons. The molecule has 6 nitrogen and oxygen atoms in total. The van der Waals surface area contributed by atoms with E-state index in [1.165, 1.54) is 13.1 Å². The second-order valence-electron chi connectivity index (χ2n) is 5.11. The molecule has 1 saturated heterocycles. The Morgan fingerprint density at radius 3 is 2.30 bits per heavy atom. The molecule has 0 spiro atoms. The molecule has 0 aliphatic carbocycles. The largest absolute Gasteiger partial charge is 0.382 e. The van der Waals surface area contributed by atoms with Gasteiger partial charge in [-0.15, -0.1) is 0 Å². The van der Waals surface area contributed by atoms with Crippen LogP contribution in [-0.2, 0) is 14.2 Å². The number of hydrogen-bond acceptors (Lipinski definition) is 6. The van der Waals surface area contributed by atoms with Gasteiger partial charge >= 0.3 is 0 Å². The third-order valence-electron chi connectivity index (χ3n) is 3.43. The predicted molar refractivity (Wildman–Crippen MR) is 80.3 cm³/mol. The zero-order valence-corrected chi connectivity index (χ0v) is 13.1. The molecule has 1 aliphatic heterocycles. The van der Waals surface area contributed by atoms with Gasteiger partial charge in [0.2, 0.25) is 0 Å². The van der Waals surface area contributed by atoms with Gasteiger partial charge in [0.25, 0.3) is 0 Å². The van der Waals surface area contributed by atoms with Crippen molar-refractivity contribution in [1.29, 1.82) is 0 Å². The van der Waals surface area contributed by atoms with Crippen molar-refractivity contribution in [3.05, 3.63) is 0 Å². The summed E-state index contributed by atoms with van der Waals surface area (Å²) in [5.41, 5.74) is 0. The Hall–Kier alpha value is -0.240. The molecule has 1 aliphatic rings. The number of piperazine rings is 1. The SMILES string of the molecule is COCCOCCOCCN(C)CCN1CCNCC1. The van der Waals surface area contributed by atoms with Gasteiger partial charge in [-0.3, -0.25) is 4.90 Å². The molecule has 0 unspecified atom stereocenters. The lowest BCUT2D eigenvalue weighted by Gasteiger charge is -2.29. The maximum Gasteiger partial charge on any atom is 0.0701 e. The summed E-state index contributed by atoms with van der Waals surface area (Å²) in [5.74, 6) is 0. The predicted octanol–water partition coefficient (Wildman–Crippen LogP) is -0.497. The number of hydrogen-bond donors (Lipinski definition) is 1. The van der Waals surface area contributed by atoms with Gasteiger partial charge in [0.15, 0.2) is 0 Å². The van der Waals surface area contributed by atoms with Gasteiger partial charge in [-0.2, -0.15) is 0 Å². The fourth-order valence-corrected chi connectivity index (χ4v) is 2.04. The Morgan fingerprint density at radius 2 is 1.60 bits per heavy atom. The standard InChI is InChI=1S/C14H31N3O3/c1-16(7-8-17-5-3-15-4-6-17)9-10-19-13-14-20-12-11-18-2/h15H,3-14H2,1-2H3. The van der Waals surface area contributed by atoms with Crippen molar-refractivity contribution >= 4 is 0 Å². The van der Waals surface area contributed by atoms with E-state index in [0.29, 0.717) is 26.4 Å². The lowest BCUT2D eigenvalue weighted by Crippen LogP contribution is -2.46. The molecule has 1 rings (SSSR count). The molecule has 0 saturated carbocycles. The molecule has 120 valence electrons. The average Bonchev–Trinajstić information content (AvgIpc) is 2.49. The smallest absolute Gasteiger partial charge is 0.0701 e. The number of nitrogens with zero attached hydrogens (tertiary/aromatic N) is 2. The number of methoxy groups -OCH3 is 1. The fourth-order valence-electron chi connectivity index (χ4n) is 2.04. The topological polar surface area (TPSA) is 46.2 Å². The Morgan fingerprint density at radius 1 is 0.950 bits per heavy atom. The molecule has 1 fully saturated rings. The summed E-state index contributed by atoms with van der Waals surface area (Å²) in [6.07, 6.45) is 0. The van der Waals surface area contributed by atoms with Crippen molar-refractivity contribution in [2.45, 2.75) is 0 Å². The second-order valence-corrected chi connectivity index (χ2v) is 5.11. The van der Waals surface area contributed by atoms with Crippen LogP contribution in [0.3, 0.4) is 0 Å². The van der Waals surface area contributed by atoms with E-state index >= 15 is 0 Å². The van der Waals surface area contributed by atoms with Gasteiger partial charge in [0, 0.05) is 52.9 Å². The first kappa shape index (κ1) is 17.8. The van der Waals surface area contributed by atoms with Crippen LogP contribution in [0.15, 0.2) is 0 Å². The first-order valence-electron chi connectivity index (χ1n) is 7.59. The minimum absolute atomic E-state index is 0.643. The van der Waals surface area contributed by atoms with Crippen molar-refractivity contribution in [3.63, 3.8) is 0 Å². The van der Waals surface area contributed by atoms with Crippen LogP contribution in [0, 0.1) is 0 Å². The first-order chi connectivity index (χ1) is 9.83. The summed E-state index contributed by atoms with van der Waals surface area (Å²) >= 11 is 0. The van der Waals surface area contributed by atoms with E-state index in [2.05, 4.69) is 22.2 Å². The van der Waals surface area contributed by atoms with E-state index in [0.717, 1.165) is 39.3 Å². The van der Waals surface area contributed by atoms with E-state index in [1.54, 1.807) is 7.11 Å². The molecular weight excluding hydrogens is 258 g/mol. The first-order valence-corrected chi connectivity index (χ1v) is 7.59. The summed E-state index contributed by atoms with van der Waals surface area (Å²) in [7, 11) is 3.83. The van der Waals surface area contributed by atoms with E-state index in [9.17, 15) is 0 Å². The highest BCUT2D eigenvalue weighted by Crippen LogP contribution is 1.93. The maximum absolute atomic E-state index is 5.55. The highest BCUT2D eigenvalue weighted by Gasteiger charge is 2.09. The third kappa shape index (κ3) is 9.63. The average molecular weight is 289 g/mol. The molecule has 1 heterocycles. The Balaban J connectivity index is 1.83. The van der Waals surface area contributed by atoms with E-state index < -0.39 is 0 Å². The number of rotatable bonds is 12. The Labute approximate surface area is 123 Å². The summed E-state index contributed by atoms with van der Waals surface area (Å²) in [4.78, 5) is 4.84. The lowest BCUT2D eigenvalue weighted by atomic mass is 10.3. The second kappa shape index (κ2) is 12.5. The fraction of sp³-hybridized carbons (Fsp3) is 1.00. The van der Waals surface area contributed by atoms with Crippen LogP contribution in [0.4, 0.5) is 0 Å². The van der Waals surface area contributed by atoms with Crippen LogP contribution in [0.25, 0.3) is 0 Å². The van der Waals surface area contributed by atoms with Crippen LogP contribution in [-0.4, -0.2) is 103 Å². The Kier molecular flexibility index (Phi) is 11.1. The highest BCUT2D eigenvalue weighted by molar-refractivity contribution is 4.68. The minimum atomic E-state index is 0.643. The van der Waals surface area contributed by atoms with Gasteiger partial charge in [-0.1, -0.05) is 0 Å². The summed E-state index contributed by atoms with van der Waals surface area (Å²) in [6.45, 7) is 11.2. The molecular formula is C14H31N3O3. The number of nitrogens with one attached hydrogen (secondary N) is 1. The molecule has 0 bridgehead atoms. The summed E-state index contributed by atoms with van der Waals surface area (Å²) in [6, 6.07) is 0. The number of likely N-dealkylation sites (N-methyl/N-ethyl adjacent to an activating group) is 1. The van der Waals surface area contributed by atoms with E-state index in [-0.39, 0.29) is 0 Å². The maximum atomic E-state index is 5.55. The van der Waals surface area contributed by atoms with Gasteiger partial charge in [0.05, 0.1) is 33.0 Å². The van der Waals surface area contributed by atoms with E-state index in [1.807, 2.05) is 0 Å². The molecule has 20 heavy (non-hydrogen) atoms. The van der Waals surface area contributed by atoms with Gasteiger partial charge in [-0.05, 0) is 7.05 Å². The molecule has 0 aromatic rings. The quantitative estimate of drug-likeness (QED) is 0.489. The molecule has 0 aromatic heterocycles. The molecule has 6 heteroatoms. The van der Waals surface area contributed by atoms with Crippen LogP contribution < -0.4 is 5.32 Å². The van der Waals surface area contributed by atoms with Crippen LogP contribution in [0.5, 0.6) is 0 Å². The molecule has 0 aromatic carbocycles. The van der Waals surface area contributed by atoms with Gasteiger partial charge in [-0.25, -0.2) is 0 Å². The van der Waals surface area contributed by atoms with E-state index in [4.69, 9.17) is 14.2 Å². The van der Waals surface area contributed by atoms with Crippen LogP contribution >= 0.6 is 0 Å². The van der Waals surface area contributed by atoms with Crippen LogP contribution in [0.2, 0.25) is 0 Å². The number of ether oxygens (including phenoxy) is 3. The minimum Gasteiger partial charge on any atom is -0.382 e. The highest BCUT2D eigenvalue weighted by atomic mass is 16.5. The van der Waals surface area contributed by atoms with Crippen LogP contribution in [0.1, 0.15) is 0 Å². The third-order valence-corrected chi connectivity index (χ3v) is 3.43. The zero-order valence-electron chi connectivity index (χ0n) is 13.1. The molecule has 1 N–H and O–H groups in total. The van der Waals surface area contributed by atoms with Crippen molar-refractivity contribution in [3.8, 4) is 0 Å². The summed E-state index contributed by atoms with van der Waals surface area (Å²) < 4.78 is 15.8. The van der Waals surface area contributed by atoms with Gasteiger partial charge < -0.3 is 24.4 Å². The van der Waals surface area contributed by atoms with Crippen molar-refractivity contribution in [2.24, 2.45) is 0 Å². The monoisotopic (exact) mass is 289 g/mol. The van der Waals surface area contributed by atoms with Crippen molar-refractivity contribution < 1.29 is 14.2 Å². The lowest BCUT2D eigenvalue weighted by molar-refractivity contribution is 0.0204. The molecule has 0 atom stereocenters. The van der Waals surface area contributed by atoms with Crippen molar-refractivity contribution in [2.75, 3.05) is 93.0 Å². The Bertz CT molecular complexity index is 214. The van der Waals surface area contributed by atoms with Crippen molar-refractivity contribution in [1.82, 2.24) is 15.1 Å². The molecule has 0 amide bonds.